The molecule has 0 heterocycles. The van der Waals surface area contributed by atoms with Crippen molar-refractivity contribution >= 4 is 17.7 Å². The van der Waals surface area contributed by atoms with Crippen LogP contribution < -0.4 is 11.1 Å². The fraction of sp³-hybridized carbons (Fsp3) is 0.300. The van der Waals surface area contributed by atoms with Gasteiger partial charge in [0.25, 0.3) is 0 Å². The maximum absolute atomic E-state index is 12.1. The number of carbonyl (C=O) groups excluding carboxylic acids is 2. The molecule has 2 aromatic carbocycles. The van der Waals surface area contributed by atoms with Crippen LogP contribution in [0.3, 0.4) is 0 Å². The van der Waals surface area contributed by atoms with E-state index in [1.54, 1.807) is 0 Å². The van der Waals surface area contributed by atoms with Crippen molar-refractivity contribution in [3.05, 3.63) is 64.7 Å². The number of aryl methyl sites for hydroxylation is 2. The molecule has 0 saturated carbocycles. The molecule has 0 spiro atoms. The number of alkyl carbamates (subject to hydrolysis) is 1. The number of anilines is 1. The molecule has 3 N–H and O–H groups in total. The van der Waals surface area contributed by atoms with E-state index in [-0.39, 0.29) is 13.0 Å². The lowest BCUT2D eigenvalue weighted by molar-refractivity contribution is -0.143. The predicted molar refractivity (Wildman–Crippen MR) is 99.6 cm³/mol. The molecule has 2 aromatic rings. The SMILES string of the molecule is COC(=O)C(Cc1cc(C)c(N)c(C)c1)NC(=O)OCc1ccccc1. The summed E-state index contributed by atoms with van der Waals surface area (Å²) in [6.07, 6.45) is -0.386. The van der Waals surface area contributed by atoms with Gasteiger partial charge in [0.15, 0.2) is 0 Å². The van der Waals surface area contributed by atoms with Crippen molar-refractivity contribution in [1.29, 1.82) is 0 Å². The van der Waals surface area contributed by atoms with E-state index in [0.717, 1.165) is 27.9 Å². The summed E-state index contributed by atoms with van der Waals surface area (Å²) >= 11 is 0. The van der Waals surface area contributed by atoms with E-state index >= 15 is 0 Å². The van der Waals surface area contributed by atoms with Crippen molar-refractivity contribution < 1.29 is 19.1 Å². The average Bonchev–Trinajstić information content (AvgIpc) is 2.64. The number of nitrogens with one attached hydrogen (secondary N) is 1. The second-order valence-corrected chi connectivity index (χ2v) is 6.13. The molecule has 2 rings (SSSR count). The maximum Gasteiger partial charge on any atom is 0.408 e. The number of amides is 1. The number of nitrogen functional groups attached to an aromatic ring is 1. The van der Waals surface area contributed by atoms with Crippen LogP contribution in [-0.4, -0.2) is 25.2 Å². The summed E-state index contributed by atoms with van der Waals surface area (Å²) in [5.41, 5.74) is 10.3. The van der Waals surface area contributed by atoms with E-state index in [9.17, 15) is 9.59 Å². The van der Waals surface area contributed by atoms with Crippen molar-refractivity contribution in [2.24, 2.45) is 0 Å². The molecule has 0 fully saturated rings. The van der Waals surface area contributed by atoms with Gasteiger partial charge in [-0.25, -0.2) is 9.59 Å². The zero-order valence-electron chi connectivity index (χ0n) is 15.2. The van der Waals surface area contributed by atoms with E-state index in [2.05, 4.69) is 5.32 Å². The van der Waals surface area contributed by atoms with Gasteiger partial charge < -0.3 is 20.5 Å². The highest BCUT2D eigenvalue weighted by Crippen LogP contribution is 2.19. The minimum Gasteiger partial charge on any atom is -0.467 e. The molecule has 1 amide bonds. The van der Waals surface area contributed by atoms with Crippen LogP contribution in [0.15, 0.2) is 42.5 Å². The third-order valence-corrected chi connectivity index (χ3v) is 4.08. The Morgan fingerprint density at radius 2 is 1.69 bits per heavy atom. The van der Waals surface area contributed by atoms with Gasteiger partial charge in [-0.15, -0.1) is 0 Å². The number of hydrogen-bond donors (Lipinski definition) is 2. The van der Waals surface area contributed by atoms with Crippen LogP contribution in [0.2, 0.25) is 0 Å². The lowest BCUT2D eigenvalue weighted by Gasteiger charge is -2.18. The molecular weight excluding hydrogens is 332 g/mol. The third-order valence-electron chi connectivity index (χ3n) is 4.08. The van der Waals surface area contributed by atoms with E-state index in [0.29, 0.717) is 0 Å². The zero-order valence-corrected chi connectivity index (χ0v) is 15.2. The second kappa shape index (κ2) is 8.89. The number of nitrogens with two attached hydrogens (primary N) is 1. The number of ether oxygens (including phenoxy) is 2. The molecule has 1 unspecified atom stereocenters. The highest BCUT2D eigenvalue weighted by atomic mass is 16.6. The van der Waals surface area contributed by atoms with Gasteiger partial charge in [0.1, 0.15) is 12.6 Å². The standard InChI is InChI=1S/C20H24N2O4/c1-13-9-16(10-14(2)18(13)21)11-17(19(23)25-3)22-20(24)26-12-15-7-5-4-6-8-15/h4-10,17H,11-12,21H2,1-3H3,(H,22,24). The third kappa shape index (κ3) is 5.24. The summed E-state index contributed by atoms with van der Waals surface area (Å²) in [5, 5.41) is 2.57. The van der Waals surface area contributed by atoms with E-state index in [4.69, 9.17) is 15.2 Å². The Hall–Kier alpha value is -3.02. The summed E-state index contributed by atoms with van der Waals surface area (Å²) in [4.78, 5) is 24.1. The van der Waals surface area contributed by atoms with Gasteiger partial charge in [0.2, 0.25) is 0 Å². The van der Waals surface area contributed by atoms with Crippen molar-refractivity contribution in [2.45, 2.75) is 32.9 Å². The monoisotopic (exact) mass is 356 g/mol. The minimum absolute atomic E-state index is 0.126. The molecule has 0 aliphatic rings. The van der Waals surface area contributed by atoms with Crippen LogP contribution >= 0.6 is 0 Å². The van der Waals surface area contributed by atoms with Crippen molar-refractivity contribution in [1.82, 2.24) is 5.32 Å². The first kappa shape index (κ1) is 19.3. The lowest BCUT2D eigenvalue weighted by Crippen LogP contribution is -2.43. The Kier molecular flexibility index (Phi) is 6.60. The Labute approximate surface area is 153 Å². The molecule has 6 nitrogen and oxygen atoms in total. The average molecular weight is 356 g/mol. The molecular formula is C20H24N2O4. The van der Waals surface area contributed by atoms with E-state index in [1.807, 2.05) is 56.3 Å². The molecule has 0 aliphatic carbocycles. The first-order valence-electron chi connectivity index (χ1n) is 8.31. The number of methoxy groups -OCH3 is 1. The van der Waals surface area contributed by atoms with Crippen LogP contribution in [0.5, 0.6) is 0 Å². The van der Waals surface area contributed by atoms with Gasteiger partial charge in [-0.3, -0.25) is 0 Å². The Bertz CT molecular complexity index is 752. The molecule has 138 valence electrons. The van der Waals surface area contributed by atoms with Crippen LogP contribution in [0.4, 0.5) is 10.5 Å². The van der Waals surface area contributed by atoms with E-state index in [1.165, 1.54) is 7.11 Å². The Morgan fingerprint density at radius 1 is 1.08 bits per heavy atom. The van der Waals surface area contributed by atoms with Gasteiger partial charge in [-0.05, 0) is 36.1 Å². The molecule has 26 heavy (non-hydrogen) atoms. The first-order chi connectivity index (χ1) is 12.4. The normalized spacial score (nSPS) is 11.5. The highest BCUT2D eigenvalue weighted by Gasteiger charge is 2.23. The van der Waals surface area contributed by atoms with Gasteiger partial charge >= 0.3 is 12.1 Å². The molecule has 0 aromatic heterocycles. The summed E-state index contributed by atoms with van der Waals surface area (Å²) in [6.45, 7) is 3.93. The van der Waals surface area contributed by atoms with Crippen LogP contribution in [0, 0.1) is 13.8 Å². The van der Waals surface area contributed by atoms with Crippen molar-refractivity contribution in [3.63, 3.8) is 0 Å². The fourth-order valence-electron chi connectivity index (χ4n) is 2.66. The highest BCUT2D eigenvalue weighted by molar-refractivity contribution is 5.81. The van der Waals surface area contributed by atoms with Crippen molar-refractivity contribution in [2.75, 3.05) is 12.8 Å². The molecule has 0 aliphatic heterocycles. The predicted octanol–water partition coefficient (Wildman–Crippen LogP) is 2.90. The molecule has 0 radical (unpaired) electrons. The minimum atomic E-state index is -0.842. The smallest absolute Gasteiger partial charge is 0.408 e. The van der Waals surface area contributed by atoms with Gasteiger partial charge in [-0.2, -0.15) is 0 Å². The maximum atomic E-state index is 12.1. The molecule has 6 heteroatoms. The number of hydrogen-bond acceptors (Lipinski definition) is 5. The first-order valence-corrected chi connectivity index (χ1v) is 8.31. The topological polar surface area (TPSA) is 90.6 Å². The number of carbonyl (C=O) groups is 2. The summed E-state index contributed by atoms with van der Waals surface area (Å²) < 4.78 is 9.98. The largest absolute Gasteiger partial charge is 0.467 e. The van der Waals surface area contributed by atoms with Gasteiger partial charge in [0.05, 0.1) is 7.11 Å². The van der Waals surface area contributed by atoms with Crippen LogP contribution in [-0.2, 0) is 27.3 Å². The lowest BCUT2D eigenvalue weighted by atomic mass is 9.99. The number of benzene rings is 2. The summed E-state index contributed by atoms with van der Waals surface area (Å²) in [5.74, 6) is -0.534. The van der Waals surface area contributed by atoms with Crippen LogP contribution in [0.1, 0.15) is 22.3 Å². The van der Waals surface area contributed by atoms with E-state index < -0.39 is 18.1 Å². The quantitative estimate of drug-likeness (QED) is 0.613. The summed E-state index contributed by atoms with van der Waals surface area (Å²) in [7, 11) is 1.28. The zero-order chi connectivity index (χ0) is 19.1. The molecule has 0 saturated heterocycles. The van der Waals surface area contributed by atoms with Gasteiger partial charge in [-0.1, -0.05) is 42.5 Å². The number of esters is 1. The second-order valence-electron chi connectivity index (χ2n) is 6.13. The number of rotatable bonds is 6. The van der Waals surface area contributed by atoms with Crippen molar-refractivity contribution in [3.8, 4) is 0 Å². The molecule has 1 atom stereocenters. The fourth-order valence-corrected chi connectivity index (χ4v) is 2.66. The van der Waals surface area contributed by atoms with Gasteiger partial charge in [0, 0.05) is 12.1 Å². The summed E-state index contributed by atoms with van der Waals surface area (Å²) in [6, 6.07) is 12.3. The Balaban J connectivity index is 2.03. The van der Waals surface area contributed by atoms with Crippen LogP contribution in [0.25, 0.3) is 0 Å². The Morgan fingerprint density at radius 3 is 2.27 bits per heavy atom. The molecule has 0 bridgehead atoms.